The van der Waals surface area contributed by atoms with Crippen LogP contribution in [-0.4, -0.2) is 56.2 Å². The molecule has 2 aromatic rings. The molecule has 0 aliphatic carbocycles. The van der Waals surface area contributed by atoms with Gasteiger partial charge in [0, 0.05) is 43.2 Å². The number of guanidine groups is 1. The predicted molar refractivity (Wildman–Crippen MR) is 136 cm³/mol. The summed E-state index contributed by atoms with van der Waals surface area (Å²) in [6.07, 6.45) is 4.56. The minimum Gasteiger partial charge on any atom is -0.496 e. The van der Waals surface area contributed by atoms with Gasteiger partial charge in [0.1, 0.15) is 5.75 Å². The number of ether oxygens (including phenoxy) is 1. The molecular weight excluding hydrogens is 509 g/mol. The number of nitrogens with one attached hydrogen (secondary N) is 2. The molecule has 6 nitrogen and oxygen atoms in total. The maximum Gasteiger partial charge on any atom is 0.191 e. The lowest BCUT2D eigenvalue weighted by Crippen LogP contribution is -2.43. The number of para-hydroxylation sites is 1. The van der Waals surface area contributed by atoms with Crippen LogP contribution in [0.15, 0.2) is 34.6 Å². The summed E-state index contributed by atoms with van der Waals surface area (Å²) >= 11 is 1.74. The van der Waals surface area contributed by atoms with Gasteiger partial charge < -0.3 is 15.4 Å². The third kappa shape index (κ3) is 7.09. The summed E-state index contributed by atoms with van der Waals surface area (Å²) in [4.78, 5) is 11.5. The average Bonchev–Trinajstić information content (AvgIpc) is 3.42. The van der Waals surface area contributed by atoms with E-state index in [4.69, 9.17) is 4.74 Å². The summed E-state index contributed by atoms with van der Waals surface area (Å²) in [5.41, 5.74) is 2.35. The molecule has 1 unspecified atom stereocenters. The number of likely N-dealkylation sites (tertiary alicyclic amines) is 1. The van der Waals surface area contributed by atoms with Crippen molar-refractivity contribution in [2.24, 2.45) is 4.99 Å². The van der Waals surface area contributed by atoms with E-state index < -0.39 is 0 Å². The minimum atomic E-state index is 0. The van der Waals surface area contributed by atoms with Gasteiger partial charge >= 0.3 is 0 Å². The Hall–Kier alpha value is -1.39. The molecule has 0 spiro atoms. The molecule has 1 saturated heterocycles. The number of aliphatic imine (C=N–C) groups is 1. The van der Waals surface area contributed by atoms with E-state index in [1.54, 1.807) is 18.4 Å². The number of methoxy groups -OCH3 is 1. The Morgan fingerprint density at radius 1 is 1.27 bits per heavy atom. The first-order chi connectivity index (χ1) is 14.2. The van der Waals surface area contributed by atoms with Gasteiger partial charge in [0.2, 0.25) is 0 Å². The molecule has 1 aliphatic heterocycles. The summed E-state index contributed by atoms with van der Waals surface area (Å²) in [5, 5.41) is 10.3. The van der Waals surface area contributed by atoms with Gasteiger partial charge in [-0.25, -0.2) is 4.98 Å². The van der Waals surface area contributed by atoms with Crippen LogP contribution in [0.1, 0.15) is 41.6 Å². The van der Waals surface area contributed by atoms with E-state index in [0.717, 1.165) is 56.4 Å². The number of benzene rings is 1. The van der Waals surface area contributed by atoms with Crippen LogP contribution < -0.4 is 15.4 Å². The quantitative estimate of drug-likeness (QED) is 0.217. The molecule has 2 N–H and O–H groups in total. The van der Waals surface area contributed by atoms with Crippen molar-refractivity contribution in [2.75, 3.05) is 40.3 Å². The second kappa shape index (κ2) is 13.1. The van der Waals surface area contributed by atoms with Crippen molar-refractivity contribution < 1.29 is 4.74 Å². The molecule has 1 atom stereocenters. The van der Waals surface area contributed by atoms with Crippen molar-refractivity contribution in [1.82, 2.24) is 20.5 Å². The Balaban J connectivity index is 0.00000320. The van der Waals surface area contributed by atoms with E-state index in [0.29, 0.717) is 0 Å². The summed E-state index contributed by atoms with van der Waals surface area (Å²) < 4.78 is 5.64. The van der Waals surface area contributed by atoms with E-state index in [1.165, 1.54) is 23.4 Å². The third-order valence-electron chi connectivity index (χ3n) is 5.29. The number of nitrogens with zero attached hydrogens (tertiary/aromatic N) is 3. The van der Waals surface area contributed by atoms with E-state index in [1.807, 2.05) is 26.1 Å². The Morgan fingerprint density at radius 3 is 2.70 bits per heavy atom. The first-order valence-electron chi connectivity index (χ1n) is 10.4. The van der Waals surface area contributed by atoms with Gasteiger partial charge in [-0.3, -0.25) is 9.89 Å². The molecule has 1 fully saturated rings. The van der Waals surface area contributed by atoms with Crippen LogP contribution in [0.2, 0.25) is 0 Å². The van der Waals surface area contributed by atoms with Gasteiger partial charge in [-0.2, -0.15) is 0 Å². The zero-order valence-corrected chi connectivity index (χ0v) is 21.3. The summed E-state index contributed by atoms with van der Waals surface area (Å²) in [7, 11) is 3.57. The molecular formula is C22H34IN5OS. The van der Waals surface area contributed by atoms with Gasteiger partial charge in [0.05, 0.1) is 18.2 Å². The SMILES string of the molecule is CN=C(NCCCc1nc(C)cs1)NCC(c1ccccc1OC)N1CCCC1.I. The Kier molecular flexibility index (Phi) is 10.9. The largest absolute Gasteiger partial charge is 0.496 e. The van der Waals surface area contributed by atoms with Gasteiger partial charge in [-0.15, -0.1) is 35.3 Å². The Labute approximate surface area is 201 Å². The fourth-order valence-corrected chi connectivity index (χ4v) is 4.63. The zero-order chi connectivity index (χ0) is 20.5. The molecule has 8 heteroatoms. The molecule has 30 heavy (non-hydrogen) atoms. The average molecular weight is 544 g/mol. The zero-order valence-electron chi connectivity index (χ0n) is 18.2. The van der Waals surface area contributed by atoms with Gasteiger partial charge in [0.25, 0.3) is 0 Å². The fraction of sp³-hybridized carbons (Fsp3) is 0.545. The van der Waals surface area contributed by atoms with Crippen molar-refractivity contribution in [3.05, 3.63) is 45.9 Å². The van der Waals surface area contributed by atoms with Crippen LogP contribution in [0.25, 0.3) is 0 Å². The van der Waals surface area contributed by atoms with E-state index in [-0.39, 0.29) is 30.0 Å². The molecule has 0 radical (unpaired) electrons. The number of thiazole rings is 1. The summed E-state index contributed by atoms with van der Waals surface area (Å²) in [6.45, 7) is 5.98. The highest BCUT2D eigenvalue weighted by atomic mass is 127. The number of rotatable bonds is 9. The van der Waals surface area contributed by atoms with Gasteiger partial charge in [-0.1, -0.05) is 18.2 Å². The molecule has 0 amide bonds. The molecule has 3 rings (SSSR count). The second-order valence-corrected chi connectivity index (χ2v) is 8.31. The lowest BCUT2D eigenvalue weighted by Gasteiger charge is -2.30. The number of aryl methyl sites for hydroxylation is 2. The lowest BCUT2D eigenvalue weighted by molar-refractivity contribution is 0.239. The number of halogens is 1. The molecule has 0 bridgehead atoms. The van der Waals surface area contributed by atoms with Crippen molar-refractivity contribution in [3.63, 3.8) is 0 Å². The molecule has 1 aliphatic rings. The first-order valence-corrected chi connectivity index (χ1v) is 11.3. The fourth-order valence-electron chi connectivity index (χ4n) is 3.81. The van der Waals surface area contributed by atoms with Crippen molar-refractivity contribution in [1.29, 1.82) is 0 Å². The van der Waals surface area contributed by atoms with Crippen LogP contribution in [0.3, 0.4) is 0 Å². The van der Waals surface area contributed by atoms with Gasteiger partial charge in [-0.05, 0) is 45.3 Å². The summed E-state index contributed by atoms with van der Waals surface area (Å²) in [5.74, 6) is 1.80. The smallest absolute Gasteiger partial charge is 0.191 e. The highest BCUT2D eigenvalue weighted by Crippen LogP contribution is 2.31. The monoisotopic (exact) mass is 543 g/mol. The number of aromatic nitrogens is 1. The van der Waals surface area contributed by atoms with Crippen LogP contribution >= 0.6 is 35.3 Å². The minimum absolute atomic E-state index is 0. The molecule has 1 aromatic carbocycles. The Bertz CT molecular complexity index is 791. The summed E-state index contributed by atoms with van der Waals surface area (Å²) in [6, 6.07) is 8.61. The van der Waals surface area contributed by atoms with Crippen LogP contribution in [-0.2, 0) is 6.42 Å². The maximum atomic E-state index is 5.64. The third-order valence-corrected chi connectivity index (χ3v) is 6.32. The van der Waals surface area contributed by atoms with E-state index in [2.05, 4.69) is 43.0 Å². The highest BCUT2D eigenvalue weighted by Gasteiger charge is 2.25. The lowest BCUT2D eigenvalue weighted by atomic mass is 10.0. The number of hydrogen-bond acceptors (Lipinski definition) is 5. The second-order valence-electron chi connectivity index (χ2n) is 7.37. The van der Waals surface area contributed by atoms with Crippen LogP contribution in [0.5, 0.6) is 5.75 Å². The van der Waals surface area contributed by atoms with E-state index >= 15 is 0 Å². The normalized spacial score (nSPS) is 15.5. The van der Waals surface area contributed by atoms with Crippen LogP contribution in [0.4, 0.5) is 0 Å². The Morgan fingerprint density at radius 2 is 2.03 bits per heavy atom. The van der Waals surface area contributed by atoms with Crippen molar-refractivity contribution in [2.45, 2.75) is 38.6 Å². The molecule has 2 heterocycles. The first kappa shape index (κ1) is 24.9. The number of hydrogen-bond donors (Lipinski definition) is 2. The molecule has 1 aromatic heterocycles. The predicted octanol–water partition coefficient (Wildman–Crippen LogP) is 4.01. The van der Waals surface area contributed by atoms with Crippen molar-refractivity contribution in [3.8, 4) is 5.75 Å². The van der Waals surface area contributed by atoms with Crippen molar-refractivity contribution >= 4 is 41.3 Å². The molecule has 0 saturated carbocycles. The highest BCUT2D eigenvalue weighted by molar-refractivity contribution is 14.0. The van der Waals surface area contributed by atoms with Gasteiger partial charge in [0.15, 0.2) is 5.96 Å². The standard InChI is InChI=1S/C22H33N5OS.HI/c1-17-16-29-21(26-17)11-8-12-24-22(23-2)25-15-19(27-13-6-7-14-27)18-9-4-5-10-20(18)28-3;/h4-5,9-10,16,19H,6-8,11-15H2,1-3H3,(H2,23,24,25);1H. The van der Waals surface area contributed by atoms with E-state index in [9.17, 15) is 0 Å². The van der Waals surface area contributed by atoms with Crippen LogP contribution in [0, 0.1) is 6.92 Å². The molecule has 166 valence electrons. The topological polar surface area (TPSA) is 61.8 Å². The maximum absolute atomic E-state index is 5.64.